The molecule has 0 fully saturated rings. The summed E-state index contributed by atoms with van der Waals surface area (Å²) in [5.41, 5.74) is -5.26. The van der Waals surface area contributed by atoms with Crippen molar-refractivity contribution in [3.05, 3.63) is 39.2 Å². The largest absolute Gasteiger partial charge is 0.455 e. The molecule has 0 bridgehead atoms. The lowest BCUT2D eigenvalue weighted by atomic mass is 10.1. The van der Waals surface area contributed by atoms with Gasteiger partial charge in [0, 0.05) is 25.0 Å². The number of allylic oxidation sites excluding steroid dienone is 1. The quantitative estimate of drug-likeness (QED) is 0.540. The Morgan fingerprint density at radius 1 is 1.24 bits per heavy atom. The molecule has 0 aliphatic heterocycles. The molecule has 2 rings (SSSR count). The zero-order chi connectivity index (χ0) is 22.4. The van der Waals surface area contributed by atoms with Crippen molar-refractivity contribution in [3.63, 3.8) is 0 Å². The smallest absolute Gasteiger partial charge is 0.384 e. The molecule has 0 radical (unpaired) electrons. The van der Waals surface area contributed by atoms with Crippen molar-refractivity contribution in [3.8, 4) is 0 Å². The zero-order valence-electron chi connectivity index (χ0n) is 14.1. The minimum atomic E-state index is -5.91. The normalized spacial score (nSPS) is 13.8. The first-order valence-corrected chi connectivity index (χ1v) is 7.73. The van der Waals surface area contributed by atoms with Crippen LogP contribution in [0.25, 0.3) is 11.4 Å². The number of halogens is 9. The van der Waals surface area contributed by atoms with E-state index in [0.717, 1.165) is 10.8 Å². The van der Waals surface area contributed by atoms with Gasteiger partial charge in [-0.2, -0.15) is 35.1 Å². The van der Waals surface area contributed by atoms with Crippen molar-refractivity contribution in [1.82, 2.24) is 19.3 Å². The van der Waals surface area contributed by atoms with Gasteiger partial charge in [0.1, 0.15) is 5.15 Å². The Hall–Kier alpha value is -2.64. The average molecular weight is 452 g/mol. The van der Waals surface area contributed by atoms with Crippen LogP contribution in [-0.2, 0) is 13.2 Å². The van der Waals surface area contributed by atoms with Crippen molar-refractivity contribution < 1.29 is 35.1 Å². The second kappa shape index (κ2) is 7.31. The van der Waals surface area contributed by atoms with Gasteiger partial charge in [-0.25, -0.2) is 9.38 Å². The Kier molecular flexibility index (Phi) is 5.71. The van der Waals surface area contributed by atoms with Gasteiger partial charge in [0.05, 0.1) is 18.3 Å². The number of aromatic nitrogens is 3. The average Bonchev–Trinajstić information content (AvgIpc) is 2.86. The molecular formula is C14H10ClF8N5O. The minimum Gasteiger partial charge on any atom is -0.384 e. The summed E-state index contributed by atoms with van der Waals surface area (Å²) in [5.74, 6) is -5.70. The second-order valence-electron chi connectivity index (χ2n) is 5.65. The molecule has 0 saturated carbocycles. The van der Waals surface area contributed by atoms with Gasteiger partial charge >= 0.3 is 18.3 Å². The summed E-state index contributed by atoms with van der Waals surface area (Å²) in [7, 11) is 1.22. The molecule has 15 heteroatoms. The zero-order valence-corrected chi connectivity index (χ0v) is 14.8. The molecule has 6 nitrogen and oxygen atoms in total. The molecule has 0 atom stereocenters. The number of nitrogens with one attached hydrogen (secondary N) is 2. The van der Waals surface area contributed by atoms with Crippen LogP contribution in [0.2, 0.25) is 5.15 Å². The summed E-state index contributed by atoms with van der Waals surface area (Å²) in [4.78, 5) is 15.8. The van der Waals surface area contributed by atoms with Gasteiger partial charge < -0.3 is 15.3 Å². The maximum absolute atomic E-state index is 13.4. The van der Waals surface area contributed by atoms with Crippen LogP contribution in [0.15, 0.2) is 17.2 Å². The molecule has 2 heterocycles. The third kappa shape index (κ3) is 4.21. The summed E-state index contributed by atoms with van der Waals surface area (Å²) < 4.78 is 104. The van der Waals surface area contributed by atoms with Crippen LogP contribution < -0.4 is 10.9 Å². The van der Waals surface area contributed by atoms with Gasteiger partial charge in [0.25, 0.3) is 5.56 Å². The molecule has 160 valence electrons. The first-order valence-electron chi connectivity index (χ1n) is 7.35. The lowest BCUT2D eigenvalue weighted by Crippen LogP contribution is -2.44. The molecule has 29 heavy (non-hydrogen) atoms. The summed E-state index contributed by atoms with van der Waals surface area (Å²) in [6, 6.07) is 0. The van der Waals surface area contributed by atoms with Gasteiger partial charge in [-0.3, -0.25) is 4.79 Å². The minimum absolute atomic E-state index is 0.164. The van der Waals surface area contributed by atoms with E-state index in [1.807, 2.05) is 0 Å². The van der Waals surface area contributed by atoms with Crippen LogP contribution in [0.5, 0.6) is 0 Å². The van der Waals surface area contributed by atoms with Gasteiger partial charge in [-0.15, -0.1) is 0 Å². The van der Waals surface area contributed by atoms with Crippen molar-refractivity contribution in [1.29, 1.82) is 5.41 Å². The van der Waals surface area contributed by atoms with E-state index in [1.165, 1.54) is 12.4 Å². The van der Waals surface area contributed by atoms with Gasteiger partial charge in [0.15, 0.2) is 5.69 Å². The highest BCUT2D eigenvalue weighted by atomic mass is 35.5. The molecule has 0 saturated heterocycles. The fraction of sp³-hybridized carbons (Fsp3) is 0.357. The van der Waals surface area contributed by atoms with E-state index in [2.05, 4.69) is 4.98 Å². The summed E-state index contributed by atoms with van der Waals surface area (Å²) in [5, 5.41) is 8.52. The van der Waals surface area contributed by atoms with Crippen molar-refractivity contribution in [2.24, 2.45) is 7.05 Å². The molecular weight excluding hydrogens is 442 g/mol. The molecule has 0 spiro atoms. The van der Waals surface area contributed by atoms with Crippen molar-refractivity contribution in [2.75, 3.05) is 6.54 Å². The lowest BCUT2D eigenvalue weighted by molar-refractivity contribution is -0.278. The van der Waals surface area contributed by atoms with Crippen LogP contribution in [0, 0.1) is 5.41 Å². The van der Waals surface area contributed by atoms with E-state index < -0.39 is 53.0 Å². The Bertz CT molecular complexity index is 1030. The number of nitrogens with zero attached hydrogens (tertiary/aromatic N) is 3. The van der Waals surface area contributed by atoms with E-state index in [4.69, 9.17) is 17.0 Å². The molecule has 0 aliphatic carbocycles. The lowest BCUT2D eigenvalue weighted by Gasteiger charge is -2.19. The maximum Gasteiger partial charge on any atom is 0.455 e. The molecule has 2 aromatic rings. The Balaban J connectivity index is 2.64. The van der Waals surface area contributed by atoms with Crippen LogP contribution in [-0.4, -0.2) is 38.8 Å². The molecule has 2 N–H and O–H groups in total. The Morgan fingerprint density at radius 2 is 1.83 bits per heavy atom. The number of fused-ring (bicyclic) bond motifs is 1. The number of hydrogen-bond acceptors (Lipinski definition) is 4. The van der Waals surface area contributed by atoms with E-state index >= 15 is 0 Å². The molecule has 0 aliphatic rings. The molecule has 0 unspecified atom stereocenters. The highest BCUT2D eigenvalue weighted by molar-refractivity contribution is 6.29. The SMILES string of the molecule is Cn1c(Cl)cn2c(=O)c(/C(C=N)=C/NCC(F)(F)C(F)(F)F)c(C(F)(F)F)nc12. The number of alkyl halides is 8. The number of aryl methyl sites for hydroxylation is 1. The van der Waals surface area contributed by atoms with Crippen LogP contribution >= 0.6 is 11.6 Å². The number of hydrogen-bond donors (Lipinski definition) is 2. The van der Waals surface area contributed by atoms with E-state index in [-0.39, 0.29) is 17.6 Å². The van der Waals surface area contributed by atoms with Crippen LogP contribution in [0.1, 0.15) is 11.3 Å². The topological polar surface area (TPSA) is 75.2 Å². The van der Waals surface area contributed by atoms with E-state index in [1.54, 1.807) is 0 Å². The van der Waals surface area contributed by atoms with Gasteiger partial charge in [0.2, 0.25) is 5.78 Å². The third-order valence-corrected chi connectivity index (χ3v) is 4.01. The summed E-state index contributed by atoms with van der Waals surface area (Å²) >= 11 is 5.75. The third-order valence-electron chi connectivity index (χ3n) is 3.66. The summed E-state index contributed by atoms with van der Waals surface area (Å²) in [6.45, 7) is -2.02. The van der Waals surface area contributed by atoms with E-state index in [9.17, 15) is 39.9 Å². The Labute approximate surface area is 160 Å². The van der Waals surface area contributed by atoms with Gasteiger partial charge in [-0.05, 0) is 0 Å². The monoisotopic (exact) mass is 451 g/mol. The fourth-order valence-electron chi connectivity index (χ4n) is 2.20. The summed E-state index contributed by atoms with van der Waals surface area (Å²) in [6.07, 6.45) is -9.72. The number of imidazole rings is 1. The van der Waals surface area contributed by atoms with Crippen molar-refractivity contribution >= 4 is 29.2 Å². The predicted molar refractivity (Wildman–Crippen MR) is 86.2 cm³/mol. The molecule has 2 aromatic heterocycles. The standard InChI is InChI=1S/C14H10ClF8N5O/c1-27-7(15)4-28-10(29)8(9(13(18,19)20)26-11(27)28)6(2-24)3-25-5-12(16,17)14(21,22)23/h2-4,24-25H,5H2,1H3/b6-3+,24-2?. The predicted octanol–water partition coefficient (Wildman–Crippen LogP) is 3.48. The number of rotatable bonds is 5. The van der Waals surface area contributed by atoms with Gasteiger partial charge in [-0.1, -0.05) is 11.6 Å². The highest BCUT2D eigenvalue weighted by Crippen LogP contribution is 2.35. The maximum atomic E-state index is 13.4. The molecule has 0 amide bonds. The second-order valence-corrected chi connectivity index (χ2v) is 6.03. The Morgan fingerprint density at radius 3 is 2.31 bits per heavy atom. The fourth-order valence-corrected chi connectivity index (χ4v) is 2.38. The first kappa shape index (κ1) is 22.6. The highest BCUT2D eigenvalue weighted by Gasteiger charge is 2.57. The van der Waals surface area contributed by atoms with Crippen LogP contribution in [0.3, 0.4) is 0 Å². The van der Waals surface area contributed by atoms with E-state index in [0.29, 0.717) is 4.40 Å². The van der Waals surface area contributed by atoms with Crippen molar-refractivity contribution in [2.45, 2.75) is 18.3 Å². The first-order chi connectivity index (χ1) is 13.1. The molecule has 0 aromatic carbocycles. The van der Waals surface area contributed by atoms with Crippen LogP contribution in [0.4, 0.5) is 35.1 Å².